The molecule has 1 aromatic heterocycles. The molecule has 30 heavy (non-hydrogen) atoms. The van der Waals surface area contributed by atoms with Gasteiger partial charge in [0.2, 0.25) is 0 Å². The van der Waals surface area contributed by atoms with Gasteiger partial charge in [-0.2, -0.15) is 13.2 Å². The van der Waals surface area contributed by atoms with Gasteiger partial charge in [-0.1, -0.05) is 11.6 Å². The molecule has 0 saturated carbocycles. The minimum Gasteiger partial charge on any atom is -0.324 e. The highest BCUT2D eigenvalue weighted by Gasteiger charge is 2.41. The Morgan fingerprint density at radius 2 is 1.80 bits per heavy atom. The highest BCUT2D eigenvalue weighted by Crippen LogP contribution is 2.39. The second kappa shape index (κ2) is 8.07. The number of carbonyl (C=O) groups excluding carboxylic acids is 1. The molecule has 1 aliphatic heterocycles. The number of alkyl halides is 4. The summed E-state index contributed by atoms with van der Waals surface area (Å²) in [5.74, 6) is 2.78. The average Bonchev–Trinajstić information content (AvgIpc) is 2.68. The van der Waals surface area contributed by atoms with E-state index in [4.69, 9.17) is 11.6 Å². The Hall–Kier alpha value is -2.33. The van der Waals surface area contributed by atoms with Crippen molar-refractivity contribution in [3.8, 4) is 0 Å². The van der Waals surface area contributed by atoms with E-state index >= 15 is 4.39 Å². The van der Waals surface area contributed by atoms with Crippen LogP contribution in [0.4, 0.5) is 28.0 Å². The van der Waals surface area contributed by atoms with E-state index in [1.165, 1.54) is 23.2 Å². The number of nitrogens with one attached hydrogen (secondary N) is 1. The number of nitrogens with zero attached hydrogens (tertiary/aromatic N) is 2. The number of hydrogen-bond acceptors (Lipinski definition) is 3. The summed E-state index contributed by atoms with van der Waals surface area (Å²) in [5, 5.41) is 2.76. The molecule has 0 bridgehead atoms. The van der Waals surface area contributed by atoms with Crippen LogP contribution in [0.3, 0.4) is 0 Å². The second-order valence-electron chi connectivity index (χ2n) is 6.86. The van der Waals surface area contributed by atoms with Crippen LogP contribution >= 0.6 is 11.6 Å². The molecule has 2 heterocycles. The monoisotopic (exact) mass is 463 g/mol. The first-order chi connectivity index (χ1) is 13.9. The topological polar surface area (TPSA) is 62.3 Å². The van der Waals surface area contributed by atoms with Crippen LogP contribution in [-0.4, -0.2) is 44.6 Å². The Kier molecular flexibility index (Phi) is 6.01. The number of carbonyl (C=O) groups is 1. The van der Waals surface area contributed by atoms with Gasteiger partial charge in [0, 0.05) is 42.7 Å². The molecule has 1 fully saturated rings. The molecule has 2 amide bonds. The lowest BCUT2D eigenvalue weighted by Gasteiger charge is -2.36. The highest BCUT2D eigenvalue weighted by atomic mass is 35.5. The largest absolute Gasteiger partial charge is 0.467 e. The molecule has 1 unspecified atom stereocenters. The minimum absolute atomic E-state index is 0.00520. The molecule has 1 aromatic carbocycles. The smallest absolute Gasteiger partial charge is 0.324 e. The van der Waals surface area contributed by atoms with E-state index in [2.05, 4.69) is 16.2 Å². The fraction of sp³-hybridized carbons (Fsp3) is 0.316. The third-order valence-electron chi connectivity index (χ3n) is 4.89. The average molecular weight is 464 g/mol. The number of anilines is 1. The first-order valence-corrected chi connectivity index (χ1v) is 10.9. The third-order valence-corrected chi connectivity index (χ3v) is 6.97. The normalized spacial score (nSPS) is 18.5. The van der Waals surface area contributed by atoms with Gasteiger partial charge in [-0.15, -0.1) is 0 Å². The van der Waals surface area contributed by atoms with Gasteiger partial charge in [-0.25, -0.2) is 9.18 Å². The summed E-state index contributed by atoms with van der Waals surface area (Å²) >= 11 is 6.04. The van der Waals surface area contributed by atoms with Crippen molar-refractivity contribution < 1.29 is 26.6 Å². The Balaban J connectivity index is 1.63. The second-order valence-corrected chi connectivity index (χ2v) is 9.55. The maximum absolute atomic E-state index is 15.3. The summed E-state index contributed by atoms with van der Waals surface area (Å²) in [4.78, 5) is 17.4. The lowest BCUT2D eigenvalue weighted by Crippen LogP contribution is -2.45. The van der Waals surface area contributed by atoms with Crippen LogP contribution in [0.25, 0.3) is 0 Å². The van der Waals surface area contributed by atoms with Gasteiger partial charge in [0.25, 0.3) is 0 Å². The van der Waals surface area contributed by atoms with Crippen LogP contribution in [0.5, 0.6) is 0 Å². The number of halogens is 5. The van der Waals surface area contributed by atoms with Crippen molar-refractivity contribution in [3.63, 3.8) is 0 Å². The molecule has 0 radical (unpaired) electrons. The number of pyridine rings is 1. The van der Waals surface area contributed by atoms with Crippen molar-refractivity contribution in [3.05, 3.63) is 53.3 Å². The highest BCUT2D eigenvalue weighted by molar-refractivity contribution is 8.01. The predicted molar refractivity (Wildman–Crippen MR) is 108 cm³/mol. The third kappa shape index (κ3) is 4.39. The quantitative estimate of drug-likeness (QED) is 0.524. The maximum atomic E-state index is 15.3. The first kappa shape index (κ1) is 22.4. The summed E-state index contributed by atoms with van der Waals surface area (Å²) in [6.07, 6.45) is 1.46. The van der Waals surface area contributed by atoms with Gasteiger partial charge < -0.3 is 10.2 Å². The van der Waals surface area contributed by atoms with Gasteiger partial charge in [0.15, 0.2) is 5.67 Å². The van der Waals surface area contributed by atoms with E-state index in [1.807, 2.05) is 0 Å². The molecule has 2 aromatic rings. The first-order valence-electron chi connectivity index (χ1n) is 8.83. The van der Waals surface area contributed by atoms with E-state index in [9.17, 15) is 22.2 Å². The van der Waals surface area contributed by atoms with Crippen LogP contribution in [-0.2, 0) is 15.2 Å². The van der Waals surface area contributed by atoms with Crippen molar-refractivity contribution in [1.82, 2.24) is 9.88 Å². The van der Waals surface area contributed by atoms with Crippen molar-refractivity contribution >= 4 is 38.7 Å². The van der Waals surface area contributed by atoms with Gasteiger partial charge in [-0.05, 0) is 42.3 Å². The SMILES string of the molecule is C=S(=O)(c1ccc(NC(=O)N2CCC(F)(c3ncccc3Cl)CC2)cc1)C(F)(F)F. The Morgan fingerprint density at radius 1 is 1.20 bits per heavy atom. The molecule has 1 N–H and O–H groups in total. The van der Waals surface area contributed by atoms with Crippen LogP contribution in [0.15, 0.2) is 47.5 Å². The molecule has 1 saturated heterocycles. The van der Waals surface area contributed by atoms with Crippen LogP contribution in [0, 0.1) is 0 Å². The van der Waals surface area contributed by atoms with E-state index in [0.717, 1.165) is 12.1 Å². The van der Waals surface area contributed by atoms with E-state index < -0.39 is 31.6 Å². The standard InChI is InChI=1S/C19H18ClF4N3O2S/c1-30(29,19(22,23)24)14-6-4-13(5-7-14)26-17(28)27-11-8-18(21,9-12-27)16-15(20)3-2-10-25-16/h2-7,10H,1,8-9,11-12H2,(H,26,28). The van der Waals surface area contributed by atoms with Crippen molar-refractivity contribution in [2.45, 2.75) is 28.9 Å². The van der Waals surface area contributed by atoms with Crippen molar-refractivity contribution in [2.24, 2.45) is 0 Å². The molecule has 1 aliphatic rings. The summed E-state index contributed by atoms with van der Waals surface area (Å²) < 4.78 is 65.5. The number of likely N-dealkylation sites (tertiary alicyclic amines) is 1. The van der Waals surface area contributed by atoms with Crippen molar-refractivity contribution in [1.29, 1.82) is 0 Å². The lowest BCUT2D eigenvalue weighted by molar-refractivity contribution is -0.0392. The Labute approximate surface area is 176 Å². The van der Waals surface area contributed by atoms with Gasteiger partial charge in [-0.3, -0.25) is 9.19 Å². The summed E-state index contributed by atoms with van der Waals surface area (Å²) in [6, 6.07) is 7.06. The van der Waals surface area contributed by atoms with Gasteiger partial charge in [0.05, 0.1) is 20.2 Å². The number of urea groups is 1. The summed E-state index contributed by atoms with van der Waals surface area (Å²) in [6.45, 7) is 0.211. The number of rotatable bonds is 3. The Bertz CT molecular complexity index is 1030. The fourth-order valence-electron chi connectivity index (χ4n) is 3.11. The lowest BCUT2D eigenvalue weighted by atomic mass is 9.89. The van der Waals surface area contributed by atoms with E-state index in [1.54, 1.807) is 12.1 Å². The number of hydrogen-bond donors (Lipinski definition) is 1. The molecule has 162 valence electrons. The molecule has 0 aliphatic carbocycles. The minimum atomic E-state index is -4.97. The van der Waals surface area contributed by atoms with Crippen molar-refractivity contribution in [2.75, 3.05) is 18.4 Å². The zero-order chi connectivity index (χ0) is 22.2. The molecule has 1 atom stereocenters. The molecular formula is C19H18ClF4N3O2S. The number of benzene rings is 1. The summed E-state index contributed by atoms with van der Waals surface area (Å²) in [7, 11) is -4.47. The zero-order valence-electron chi connectivity index (χ0n) is 15.6. The molecule has 11 heteroatoms. The van der Waals surface area contributed by atoms with Crippen LogP contribution < -0.4 is 5.32 Å². The Morgan fingerprint density at radius 3 is 2.33 bits per heavy atom. The number of aromatic nitrogens is 1. The molecule has 5 nitrogen and oxygen atoms in total. The van der Waals surface area contributed by atoms with Crippen LogP contribution in [0.1, 0.15) is 18.5 Å². The van der Waals surface area contributed by atoms with E-state index in [-0.39, 0.29) is 42.3 Å². The molecule has 0 spiro atoms. The van der Waals surface area contributed by atoms with Gasteiger partial charge >= 0.3 is 11.5 Å². The molecular weight excluding hydrogens is 446 g/mol. The summed E-state index contributed by atoms with van der Waals surface area (Å²) in [5.41, 5.74) is -6.36. The van der Waals surface area contributed by atoms with Gasteiger partial charge in [0.1, 0.15) is 0 Å². The fourth-order valence-corrected chi connectivity index (χ4v) is 4.24. The number of amides is 2. The van der Waals surface area contributed by atoms with Crippen LogP contribution in [0.2, 0.25) is 5.02 Å². The predicted octanol–water partition coefficient (Wildman–Crippen LogP) is 4.82. The number of piperidine rings is 1. The zero-order valence-corrected chi connectivity index (χ0v) is 17.2. The van der Waals surface area contributed by atoms with E-state index in [0.29, 0.717) is 0 Å². The molecule has 3 rings (SSSR count). The maximum Gasteiger partial charge on any atom is 0.467 e.